The summed E-state index contributed by atoms with van der Waals surface area (Å²) in [6.45, 7) is 4.16. The fraction of sp³-hybridized carbons (Fsp3) is 0.263. The standard InChI is InChI=1S/C12H15N3O2.C7H8/c1-14-6-7-15(12(14)17)8-9-2-4-10(5-3-9)11(13)16;1-7-5-3-2-4-6-7/h2-5H,6-8H2,1H3,(H2,13,16);2-6H,1H3. The van der Waals surface area contributed by atoms with Gasteiger partial charge in [-0.15, -0.1) is 0 Å². The Bertz CT molecular complexity index is 684. The van der Waals surface area contributed by atoms with Crippen molar-refractivity contribution < 1.29 is 9.59 Å². The van der Waals surface area contributed by atoms with E-state index in [9.17, 15) is 9.59 Å². The number of rotatable bonds is 3. The van der Waals surface area contributed by atoms with Gasteiger partial charge in [0, 0.05) is 32.2 Å². The maximum absolute atomic E-state index is 11.7. The van der Waals surface area contributed by atoms with Crippen LogP contribution in [-0.4, -0.2) is 41.9 Å². The van der Waals surface area contributed by atoms with E-state index in [1.165, 1.54) is 5.56 Å². The van der Waals surface area contributed by atoms with Crippen molar-refractivity contribution in [3.63, 3.8) is 0 Å². The van der Waals surface area contributed by atoms with Crippen molar-refractivity contribution in [2.45, 2.75) is 13.5 Å². The molecule has 0 saturated carbocycles. The van der Waals surface area contributed by atoms with Crippen LogP contribution < -0.4 is 5.73 Å². The second-order valence-corrected chi connectivity index (χ2v) is 5.84. The van der Waals surface area contributed by atoms with Gasteiger partial charge in [-0.2, -0.15) is 0 Å². The number of likely N-dealkylation sites (N-methyl/N-ethyl adjacent to an activating group) is 1. The Kier molecular flexibility index (Phi) is 5.95. The zero-order chi connectivity index (χ0) is 17.5. The molecule has 3 amide bonds. The minimum Gasteiger partial charge on any atom is -0.366 e. The molecule has 0 radical (unpaired) electrons. The highest BCUT2D eigenvalue weighted by atomic mass is 16.2. The summed E-state index contributed by atoms with van der Waals surface area (Å²) in [4.78, 5) is 26.0. The molecule has 0 aromatic heterocycles. The van der Waals surface area contributed by atoms with Crippen molar-refractivity contribution in [2.24, 2.45) is 5.73 Å². The number of aryl methyl sites for hydroxylation is 1. The molecule has 3 rings (SSSR count). The monoisotopic (exact) mass is 325 g/mol. The lowest BCUT2D eigenvalue weighted by molar-refractivity contribution is 0.1000. The van der Waals surface area contributed by atoms with Gasteiger partial charge in [0.05, 0.1) is 0 Å². The molecular formula is C19H23N3O2. The lowest BCUT2D eigenvalue weighted by Crippen LogP contribution is -2.28. The number of carbonyl (C=O) groups excluding carboxylic acids is 2. The first-order valence-corrected chi connectivity index (χ1v) is 7.88. The van der Waals surface area contributed by atoms with E-state index in [2.05, 4.69) is 19.1 Å². The Hall–Kier alpha value is -2.82. The van der Waals surface area contributed by atoms with Gasteiger partial charge in [-0.1, -0.05) is 48.0 Å². The first kappa shape index (κ1) is 17.5. The maximum Gasteiger partial charge on any atom is 0.320 e. The van der Waals surface area contributed by atoms with Crippen LogP contribution in [0.1, 0.15) is 21.5 Å². The zero-order valence-corrected chi connectivity index (χ0v) is 14.1. The molecule has 2 aromatic rings. The van der Waals surface area contributed by atoms with Crippen LogP contribution in [0.25, 0.3) is 0 Å². The van der Waals surface area contributed by atoms with Crippen molar-refractivity contribution in [1.29, 1.82) is 0 Å². The number of amides is 3. The highest BCUT2D eigenvalue weighted by molar-refractivity contribution is 5.92. The molecular weight excluding hydrogens is 302 g/mol. The van der Waals surface area contributed by atoms with E-state index in [0.29, 0.717) is 12.1 Å². The third-order valence-electron chi connectivity index (χ3n) is 3.85. The molecule has 24 heavy (non-hydrogen) atoms. The number of hydrogen-bond acceptors (Lipinski definition) is 2. The number of carbonyl (C=O) groups is 2. The van der Waals surface area contributed by atoms with Gasteiger partial charge >= 0.3 is 6.03 Å². The van der Waals surface area contributed by atoms with Crippen molar-refractivity contribution >= 4 is 11.9 Å². The molecule has 2 N–H and O–H groups in total. The van der Waals surface area contributed by atoms with E-state index in [-0.39, 0.29) is 6.03 Å². The van der Waals surface area contributed by atoms with E-state index in [1.54, 1.807) is 29.0 Å². The molecule has 5 heteroatoms. The highest BCUT2D eigenvalue weighted by Gasteiger charge is 2.24. The first-order valence-electron chi connectivity index (χ1n) is 7.88. The third kappa shape index (κ3) is 4.84. The first-order chi connectivity index (χ1) is 11.5. The molecule has 0 bridgehead atoms. The Morgan fingerprint density at radius 3 is 2.08 bits per heavy atom. The van der Waals surface area contributed by atoms with E-state index >= 15 is 0 Å². The van der Waals surface area contributed by atoms with Gasteiger partial charge in [0.25, 0.3) is 0 Å². The van der Waals surface area contributed by atoms with Gasteiger partial charge in [-0.05, 0) is 24.6 Å². The van der Waals surface area contributed by atoms with Crippen LogP contribution in [0.5, 0.6) is 0 Å². The van der Waals surface area contributed by atoms with Crippen LogP contribution in [0, 0.1) is 6.92 Å². The van der Waals surface area contributed by atoms with Gasteiger partial charge in [0.1, 0.15) is 0 Å². The predicted octanol–water partition coefficient (Wildman–Crippen LogP) is 2.65. The third-order valence-corrected chi connectivity index (χ3v) is 3.85. The Morgan fingerprint density at radius 2 is 1.67 bits per heavy atom. The molecule has 1 fully saturated rings. The SMILES string of the molecule is CN1CCN(Cc2ccc(C(N)=O)cc2)C1=O.Cc1ccccc1. The summed E-state index contributed by atoms with van der Waals surface area (Å²) in [5.74, 6) is -0.437. The second-order valence-electron chi connectivity index (χ2n) is 5.84. The van der Waals surface area contributed by atoms with E-state index < -0.39 is 5.91 Å². The molecule has 0 spiro atoms. The van der Waals surface area contributed by atoms with Gasteiger partial charge in [0.2, 0.25) is 5.91 Å². The van der Waals surface area contributed by atoms with Gasteiger partial charge in [0.15, 0.2) is 0 Å². The van der Waals surface area contributed by atoms with Crippen LogP contribution in [-0.2, 0) is 6.54 Å². The normalized spacial score (nSPS) is 13.5. The lowest BCUT2D eigenvalue weighted by atomic mass is 10.1. The molecule has 0 unspecified atom stereocenters. The predicted molar refractivity (Wildman–Crippen MR) is 94.6 cm³/mol. The van der Waals surface area contributed by atoms with Crippen molar-refractivity contribution in [2.75, 3.05) is 20.1 Å². The highest BCUT2D eigenvalue weighted by Crippen LogP contribution is 2.12. The minimum absolute atomic E-state index is 0.0453. The van der Waals surface area contributed by atoms with Gasteiger partial charge in [-0.25, -0.2) is 4.79 Å². The molecule has 1 aliphatic heterocycles. The summed E-state index contributed by atoms with van der Waals surface area (Å²) in [5, 5.41) is 0. The van der Waals surface area contributed by atoms with Gasteiger partial charge in [-0.3, -0.25) is 4.79 Å². The topological polar surface area (TPSA) is 66.6 Å². The zero-order valence-electron chi connectivity index (χ0n) is 14.1. The Balaban J connectivity index is 0.000000249. The fourth-order valence-electron chi connectivity index (χ4n) is 2.38. The van der Waals surface area contributed by atoms with Gasteiger partial charge < -0.3 is 15.5 Å². The molecule has 0 atom stereocenters. The van der Waals surface area contributed by atoms with Crippen molar-refractivity contribution in [3.05, 3.63) is 71.3 Å². The maximum atomic E-state index is 11.7. The summed E-state index contributed by atoms with van der Waals surface area (Å²) in [6.07, 6.45) is 0. The Labute approximate surface area is 142 Å². The number of benzene rings is 2. The lowest BCUT2D eigenvalue weighted by Gasteiger charge is -2.15. The van der Waals surface area contributed by atoms with Crippen molar-refractivity contribution in [1.82, 2.24) is 9.80 Å². The fourth-order valence-corrected chi connectivity index (χ4v) is 2.38. The molecule has 0 aliphatic carbocycles. The molecule has 2 aromatic carbocycles. The molecule has 5 nitrogen and oxygen atoms in total. The van der Waals surface area contributed by atoms with E-state index in [4.69, 9.17) is 5.73 Å². The summed E-state index contributed by atoms with van der Waals surface area (Å²) < 4.78 is 0. The minimum atomic E-state index is -0.437. The summed E-state index contributed by atoms with van der Waals surface area (Å²) in [7, 11) is 1.79. The average Bonchev–Trinajstić information content (AvgIpc) is 2.89. The molecule has 126 valence electrons. The van der Waals surface area contributed by atoms with Crippen LogP contribution in [0.3, 0.4) is 0 Å². The number of urea groups is 1. The van der Waals surface area contributed by atoms with Crippen LogP contribution in [0.2, 0.25) is 0 Å². The number of nitrogens with two attached hydrogens (primary N) is 1. The number of hydrogen-bond donors (Lipinski definition) is 1. The van der Waals surface area contributed by atoms with Crippen LogP contribution in [0.15, 0.2) is 54.6 Å². The van der Waals surface area contributed by atoms with Crippen LogP contribution >= 0.6 is 0 Å². The van der Waals surface area contributed by atoms with Crippen LogP contribution in [0.4, 0.5) is 4.79 Å². The molecule has 1 saturated heterocycles. The summed E-state index contributed by atoms with van der Waals surface area (Å²) in [5.41, 5.74) is 7.96. The summed E-state index contributed by atoms with van der Waals surface area (Å²) in [6, 6.07) is 17.3. The quantitative estimate of drug-likeness (QED) is 0.943. The second kappa shape index (κ2) is 8.15. The average molecular weight is 325 g/mol. The largest absolute Gasteiger partial charge is 0.366 e. The Morgan fingerprint density at radius 1 is 1.04 bits per heavy atom. The smallest absolute Gasteiger partial charge is 0.320 e. The van der Waals surface area contributed by atoms with Crippen molar-refractivity contribution in [3.8, 4) is 0 Å². The molecule has 1 aliphatic rings. The number of nitrogens with zero attached hydrogens (tertiary/aromatic N) is 2. The number of primary amides is 1. The van der Waals surface area contributed by atoms with E-state index in [0.717, 1.165) is 18.7 Å². The van der Waals surface area contributed by atoms with E-state index in [1.807, 2.05) is 30.3 Å². The summed E-state index contributed by atoms with van der Waals surface area (Å²) >= 11 is 0. The molecule has 1 heterocycles.